The third kappa shape index (κ3) is 3.51. The van der Waals surface area contributed by atoms with Crippen molar-refractivity contribution in [2.75, 3.05) is 6.54 Å². The monoisotopic (exact) mass is 280 g/mol. The summed E-state index contributed by atoms with van der Waals surface area (Å²) in [5.41, 5.74) is 12.2. The summed E-state index contributed by atoms with van der Waals surface area (Å²) < 4.78 is 0. The zero-order valence-electron chi connectivity index (χ0n) is 8.85. The first-order valence-electron chi connectivity index (χ1n) is 5.17. The lowest BCUT2D eigenvalue weighted by Crippen LogP contribution is -2.12. The zero-order valence-corrected chi connectivity index (χ0v) is 11.1. The number of hydrogen-bond acceptors (Lipinski definition) is 2. The topological polar surface area (TPSA) is 52.0 Å². The van der Waals surface area contributed by atoms with Crippen LogP contribution in [0.15, 0.2) is 12.1 Å². The molecule has 1 aromatic rings. The van der Waals surface area contributed by atoms with Crippen molar-refractivity contribution in [1.29, 1.82) is 0 Å². The molecule has 0 aliphatic heterocycles. The van der Waals surface area contributed by atoms with E-state index in [1.54, 1.807) is 12.1 Å². The van der Waals surface area contributed by atoms with Gasteiger partial charge in [0.15, 0.2) is 0 Å². The van der Waals surface area contributed by atoms with E-state index in [2.05, 4.69) is 0 Å². The average molecular weight is 282 g/mol. The number of unbranched alkanes of at least 4 members (excludes halogenated alkanes) is 1. The Labute approximate surface area is 111 Å². The van der Waals surface area contributed by atoms with Gasteiger partial charge in [-0.05, 0) is 31.5 Å². The first-order valence-corrected chi connectivity index (χ1v) is 6.30. The van der Waals surface area contributed by atoms with E-state index in [0.29, 0.717) is 21.6 Å². The molecule has 0 heterocycles. The molecule has 1 aromatic carbocycles. The SMILES string of the molecule is NCCCC[C@@H](N)c1c(Cl)ccc(Cl)c1Cl. The fourth-order valence-corrected chi connectivity index (χ4v) is 2.35. The van der Waals surface area contributed by atoms with Crippen LogP contribution < -0.4 is 11.5 Å². The van der Waals surface area contributed by atoms with Crippen LogP contribution in [-0.4, -0.2) is 6.54 Å². The molecule has 0 bridgehead atoms. The molecule has 0 fully saturated rings. The van der Waals surface area contributed by atoms with E-state index < -0.39 is 0 Å². The molecule has 90 valence electrons. The van der Waals surface area contributed by atoms with Gasteiger partial charge >= 0.3 is 0 Å². The minimum atomic E-state index is -0.190. The van der Waals surface area contributed by atoms with Crippen LogP contribution in [0.3, 0.4) is 0 Å². The van der Waals surface area contributed by atoms with Gasteiger partial charge in [0.1, 0.15) is 0 Å². The van der Waals surface area contributed by atoms with Gasteiger partial charge < -0.3 is 11.5 Å². The Morgan fingerprint density at radius 1 is 1.06 bits per heavy atom. The number of nitrogens with two attached hydrogens (primary N) is 2. The summed E-state index contributed by atoms with van der Waals surface area (Å²) >= 11 is 18.1. The molecular formula is C11H15Cl3N2. The van der Waals surface area contributed by atoms with E-state index in [0.717, 1.165) is 24.8 Å². The minimum absolute atomic E-state index is 0.190. The highest BCUT2D eigenvalue weighted by atomic mass is 35.5. The molecular weight excluding hydrogens is 266 g/mol. The fourth-order valence-electron chi connectivity index (χ4n) is 1.54. The van der Waals surface area contributed by atoms with Gasteiger partial charge in [0.05, 0.1) is 10.0 Å². The molecule has 0 amide bonds. The van der Waals surface area contributed by atoms with Gasteiger partial charge in [-0.15, -0.1) is 0 Å². The molecule has 0 radical (unpaired) electrons. The quantitative estimate of drug-likeness (QED) is 0.637. The molecule has 4 N–H and O–H groups in total. The van der Waals surface area contributed by atoms with Gasteiger partial charge in [-0.25, -0.2) is 0 Å². The maximum absolute atomic E-state index is 6.09. The maximum atomic E-state index is 6.09. The van der Waals surface area contributed by atoms with Gasteiger partial charge in [-0.1, -0.05) is 41.2 Å². The van der Waals surface area contributed by atoms with Crippen molar-refractivity contribution in [2.24, 2.45) is 11.5 Å². The van der Waals surface area contributed by atoms with E-state index in [4.69, 9.17) is 46.3 Å². The lowest BCUT2D eigenvalue weighted by Gasteiger charge is -2.16. The molecule has 0 aromatic heterocycles. The minimum Gasteiger partial charge on any atom is -0.330 e. The van der Waals surface area contributed by atoms with Crippen LogP contribution in [0, 0.1) is 0 Å². The molecule has 0 spiro atoms. The summed E-state index contributed by atoms with van der Waals surface area (Å²) in [6.07, 6.45) is 2.71. The van der Waals surface area contributed by atoms with E-state index in [1.165, 1.54) is 0 Å². The van der Waals surface area contributed by atoms with Crippen LogP contribution >= 0.6 is 34.8 Å². The Hall–Kier alpha value is 0.01000. The molecule has 0 aliphatic carbocycles. The van der Waals surface area contributed by atoms with Crippen molar-refractivity contribution >= 4 is 34.8 Å². The Balaban J connectivity index is 2.81. The van der Waals surface area contributed by atoms with Crippen molar-refractivity contribution in [2.45, 2.75) is 25.3 Å². The molecule has 0 saturated carbocycles. The maximum Gasteiger partial charge on any atom is 0.0654 e. The summed E-state index contributed by atoms with van der Waals surface area (Å²) in [5, 5.41) is 1.50. The Morgan fingerprint density at radius 2 is 1.69 bits per heavy atom. The Kier molecular flexibility index (Phi) is 5.87. The van der Waals surface area contributed by atoms with Crippen LogP contribution in [0.4, 0.5) is 0 Å². The normalized spacial score (nSPS) is 12.8. The number of rotatable bonds is 5. The van der Waals surface area contributed by atoms with Crippen molar-refractivity contribution in [3.63, 3.8) is 0 Å². The number of halogens is 3. The zero-order chi connectivity index (χ0) is 12.1. The van der Waals surface area contributed by atoms with Crippen LogP contribution in [0.1, 0.15) is 30.9 Å². The average Bonchev–Trinajstić information content (AvgIpc) is 2.24. The first-order chi connectivity index (χ1) is 7.57. The van der Waals surface area contributed by atoms with E-state index >= 15 is 0 Å². The fraction of sp³-hybridized carbons (Fsp3) is 0.455. The molecule has 5 heteroatoms. The lowest BCUT2D eigenvalue weighted by molar-refractivity contribution is 0.591. The summed E-state index contributed by atoms with van der Waals surface area (Å²) in [6, 6.07) is 3.20. The predicted octanol–water partition coefficient (Wildman–Crippen LogP) is 3.78. The molecule has 0 saturated heterocycles. The largest absolute Gasteiger partial charge is 0.330 e. The van der Waals surface area contributed by atoms with Crippen LogP contribution in [0.5, 0.6) is 0 Å². The highest BCUT2D eigenvalue weighted by Crippen LogP contribution is 2.36. The summed E-state index contributed by atoms with van der Waals surface area (Å²) in [6.45, 7) is 0.670. The second-order valence-corrected chi connectivity index (χ2v) is 4.84. The number of hydrogen-bond donors (Lipinski definition) is 2. The molecule has 0 aliphatic rings. The van der Waals surface area contributed by atoms with Crippen molar-refractivity contribution in [3.05, 3.63) is 32.8 Å². The second kappa shape index (κ2) is 6.67. The van der Waals surface area contributed by atoms with Crippen LogP contribution in [-0.2, 0) is 0 Å². The third-order valence-corrected chi connectivity index (χ3v) is 3.57. The lowest BCUT2D eigenvalue weighted by atomic mass is 10.0. The molecule has 1 atom stereocenters. The van der Waals surface area contributed by atoms with E-state index in [-0.39, 0.29) is 6.04 Å². The van der Waals surface area contributed by atoms with Crippen molar-refractivity contribution in [1.82, 2.24) is 0 Å². The summed E-state index contributed by atoms with van der Waals surface area (Å²) in [5.74, 6) is 0. The van der Waals surface area contributed by atoms with Crippen molar-refractivity contribution in [3.8, 4) is 0 Å². The third-order valence-electron chi connectivity index (χ3n) is 2.42. The van der Waals surface area contributed by atoms with E-state index in [1.807, 2.05) is 0 Å². The predicted molar refractivity (Wildman–Crippen MR) is 71.3 cm³/mol. The van der Waals surface area contributed by atoms with Gasteiger partial charge in [0, 0.05) is 16.6 Å². The number of benzene rings is 1. The van der Waals surface area contributed by atoms with Gasteiger partial charge in [0.2, 0.25) is 0 Å². The highest BCUT2D eigenvalue weighted by molar-refractivity contribution is 6.44. The van der Waals surface area contributed by atoms with Gasteiger partial charge in [0.25, 0.3) is 0 Å². The molecule has 1 rings (SSSR count). The Morgan fingerprint density at radius 3 is 2.31 bits per heavy atom. The van der Waals surface area contributed by atoms with Gasteiger partial charge in [-0.2, -0.15) is 0 Å². The van der Waals surface area contributed by atoms with Crippen LogP contribution in [0.25, 0.3) is 0 Å². The van der Waals surface area contributed by atoms with Crippen LogP contribution in [0.2, 0.25) is 15.1 Å². The smallest absolute Gasteiger partial charge is 0.0654 e. The highest BCUT2D eigenvalue weighted by Gasteiger charge is 2.16. The van der Waals surface area contributed by atoms with Crippen molar-refractivity contribution < 1.29 is 0 Å². The van der Waals surface area contributed by atoms with E-state index in [9.17, 15) is 0 Å². The summed E-state index contributed by atoms with van der Waals surface area (Å²) in [4.78, 5) is 0. The Bertz CT molecular complexity index is 355. The standard InChI is InChI=1S/C11H15Cl3N2/c12-7-4-5-8(13)11(14)10(7)9(16)3-1-2-6-15/h4-5,9H,1-3,6,15-16H2/t9-/m1/s1. The first kappa shape index (κ1) is 14.1. The molecule has 2 nitrogen and oxygen atoms in total. The van der Waals surface area contributed by atoms with Gasteiger partial charge in [-0.3, -0.25) is 0 Å². The molecule has 16 heavy (non-hydrogen) atoms. The molecule has 0 unspecified atom stereocenters. The second-order valence-electron chi connectivity index (χ2n) is 3.65. The summed E-state index contributed by atoms with van der Waals surface area (Å²) in [7, 11) is 0.